The molecule has 0 aromatic carbocycles. The third kappa shape index (κ3) is 3.32. The number of halogens is 1. The Morgan fingerprint density at radius 2 is 1.71 bits per heavy atom. The highest BCUT2D eigenvalue weighted by atomic mass is 127. The fraction of sp³-hybridized carbons (Fsp3) is 1.00. The maximum Gasteiger partial charge on any atom is 0.157 e. The molecule has 0 unspecified atom stereocenters. The summed E-state index contributed by atoms with van der Waals surface area (Å²) in [7, 11) is 0. The smallest absolute Gasteiger partial charge is 0.157 e. The van der Waals surface area contributed by atoms with Gasteiger partial charge < -0.3 is 9.47 Å². The summed E-state index contributed by atoms with van der Waals surface area (Å²) in [6.45, 7) is 6.27. The molecule has 1 aliphatic heterocycles. The zero-order chi connectivity index (χ0) is 19.4. The maximum absolute atomic E-state index is 6.45. The van der Waals surface area contributed by atoms with Crippen molar-refractivity contribution in [2.75, 3.05) is 11.0 Å². The van der Waals surface area contributed by atoms with Crippen LogP contribution in [0.4, 0.5) is 0 Å². The molecule has 5 aliphatic rings. The van der Waals surface area contributed by atoms with E-state index in [4.69, 9.17) is 9.47 Å². The highest BCUT2D eigenvalue weighted by Gasteiger charge is 2.60. The Kier molecular flexibility index (Phi) is 5.85. The molecule has 0 aromatic rings. The van der Waals surface area contributed by atoms with Crippen molar-refractivity contribution >= 4 is 22.6 Å². The lowest BCUT2D eigenvalue weighted by Gasteiger charge is -2.61. The minimum absolute atomic E-state index is 0.0959. The summed E-state index contributed by atoms with van der Waals surface area (Å²) in [6.07, 6.45) is 17.1. The summed E-state index contributed by atoms with van der Waals surface area (Å²) in [5, 5.41) is 0. The zero-order valence-corrected chi connectivity index (χ0v) is 20.3. The molecule has 0 spiro atoms. The van der Waals surface area contributed by atoms with Crippen LogP contribution in [-0.4, -0.2) is 23.4 Å². The lowest BCUT2D eigenvalue weighted by Crippen LogP contribution is -2.54. The first kappa shape index (κ1) is 20.5. The third-order valence-electron chi connectivity index (χ3n) is 10.5. The average molecular weight is 501 g/mol. The highest BCUT2D eigenvalue weighted by Crippen LogP contribution is 2.67. The quantitative estimate of drug-likeness (QED) is 0.236. The second-order valence-corrected chi connectivity index (χ2v) is 12.3. The number of hydrogen-bond acceptors (Lipinski definition) is 2. The van der Waals surface area contributed by atoms with E-state index in [1.54, 1.807) is 0 Å². The van der Waals surface area contributed by atoms with Crippen molar-refractivity contribution in [2.45, 2.75) is 103 Å². The summed E-state index contributed by atoms with van der Waals surface area (Å²) in [5.74, 6) is 4.91. The van der Waals surface area contributed by atoms with Crippen LogP contribution in [0, 0.1) is 40.4 Å². The van der Waals surface area contributed by atoms with Gasteiger partial charge in [-0.1, -0.05) is 36.4 Å². The molecule has 0 radical (unpaired) electrons. The minimum atomic E-state index is 0.0959. The summed E-state index contributed by atoms with van der Waals surface area (Å²) >= 11 is 2.67. The fourth-order valence-corrected chi connectivity index (χ4v) is 10.2. The van der Waals surface area contributed by atoms with Crippen LogP contribution in [0.5, 0.6) is 0 Å². The molecule has 4 aliphatic carbocycles. The van der Waals surface area contributed by atoms with Gasteiger partial charge in [0.15, 0.2) is 6.29 Å². The van der Waals surface area contributed by atoms with Gasteiger partial charge >= 0.3 is 0 Å². The van der Waals surface area contributed by atoms with Crippen molar-refractivity contribution < 1.29 is 9.47 Å². The summed E-state index contributed by atoms with van der Waals surface area (Å²) in [5.41, 5.74) is 1.24. The van der Waals surface area contributed by atoms with E-state index in [0.29, 0.717) is 16.9 Å². The third-order valence-corrected chi connectivity index (χ3v) is 11.5. The van der Waals surface area contributed by atoms with E-state index in [2.05, 4.69) is 36.4 Å². The maximum atomic E-state index is 6.45. The summed E-state index contributed by atoms with van der Waals surface area (Å²) < 4.78 is 13.7. The van der Waals surface area contributed by atoms with Crippen LogP contribution < -0.4 is 0 Å². The molecule has 1 saturated heterocycles. The summed E-state index contributed by atoms with van der Waals surface area (Å²) in [4.78, 5) is 0. The van der Waals surface area contributed by atoms with Crippen LogP contribution in [0.25, 0.3) is 0 Å². The molecule has 2 nitrogen and oxygen atoms in total. The molecule has 1 heterocycles. The second kappa shape index (κ2) is 7.97. The largest absolute Gasteiger partial charge is 0.353 e. The second-order valence-electron chi connectivity index (χ2n) is 11.5. The van der Waals surface area contributed by atoms with Gasteiger partial charge in [-0.2, -0.15) is 0 Å². The van der Waals surface area contributed by atoms with Gasteiger partial charge in [-0.05, 0) is 117 Å². The number of fused-ring (bicyclic) bond motifs is 5. The van der Waals surface area contributed by atoms with Crippen LogP contribution in [-0.2, 0) is 9.47 Å². The van der Waals surface area contributed by atoms with E-state index in [-0.39, 0.29) is 6.29 Å². The van der Waals surface area contributed by atoms with Crippen LogP contribution in [0.3, 0.4) is 0 Å². The summed E-state index contributed by atoms with van der Waals surface area (Å²) in [6, 6.07) is 0. The van der Waals surface area contributed by atoms with Crippen LogP contribution in [0.2, 0.25) is 0 Å². The molecule has 4 saturated carbocycles. The Balaban J connectivity index is 1.27. The lowest BCUT2D eigenvalue weighted by atomic mass is 9.45. The first-order valence-corrected chi connectivity index (χ1v) is 13.9. The monoisotopic (exact) mass is 500 g/mol. The van der Waals surface area contributed by atoms with Gasteiger partial charge in [-0.15, -0.1) is 0 Å². The Bertz CT molecular complexity index is 561. The van der Waals surface area contributed by atoms with Crippen molar-refractivity contribution in [3.8, 4) is 0 Å². The molecule has 0 N–H and O–H groups in total. The van der Waals surface area contributed by atoms with E-state index in [0.717, 1.165) is 42.6 Å². The van der Waals surface area contributed by atoms with E-state index >= 15 is 0 Å². The van der Waals surface area contributed by atoms with Gasteiger partial charge in [-0.25, -0.2) is 0 Å². The molecule has 5 rings (SSSR count). The first-order valence-electron chi connectivity index (χ1n) is 12.4. The SMILES string of the molecule is C[C@]12CC[C@H](O[C@@H]3CCCCO3)C[C@@H]1CC[C@H]1[C@H]2CC[C@]2(C)[C@@H](CI)CC[C@@H]12. The molecule has 0 bridgehead atoms. The van der Waals surface area contributed by atoms with Gasteiger partial charge in [0, 0.05) is 11.0 Å². The standard InChI is InChI=1S/C25H41IO2/c1-24-12-10-19(28-23-5-3-4-14-27-23)15-17(24)6-8-20-21-9-7-18(16-26)25(21,2)13-11-22(20)24/h17-23H,3-16H2,1-2H3/t17-,18+,19-,20+,21-,22+,23+,24-,25+/m0/s1. The average Bonchev–Trinajstić information content (AvgIpc) is 3.05. The molecule has 3 heteroatoms. The molecule has 0 amide bonds. The Hall–Kier alpha value is 0.650. The number of alkyl halides is 1. The van der Waals surface area contributed by atoms with Gasteiger partial charge in [0.05, 0.1) is 6.10 Å². The Morgan fingerprint density at radius 1 is 0.893 bits per heavy atom. The fourth-order valence-electron chi connectivity index (χ4n) is 8.74. The molecule has 160 valence electrons. The van der Waals surface area contributed by atoms with E-state index in [1.165, 1.54) is 75.1 Å². The van der Waals surface area contributed by atoms with Crippen LogP contribution >= 0.6 is 22.6 Å². The predicted octanol–water partition coefficient (Wildman–Crippen LogP) is 6.99. The Morgan fingerprint density at radius 3 is 2.50 bits per heavy atom. The lowest BCUT2D eigenvalue weighted by molar-refractivity contribution is -0.212. The highest BCUT2D eigenvalue weighted by molar-refractivity contribution is 14.1. The molecule has 5 fully saturated rings. The first-order chi connectivity index (χ1) is 13.5. The van der Waals surface area contributed by atoms with Gasteiger partial charge in [-0.3, -0.25) is 0 Å². The molecule has 9 atom stereocenters. The van der Waals surface area contributed by atoms with Crippen LogP contribution in [0.15, 0.2) is 0 Å². The zero-order valence-electron chi connectivity index (χ0n) is 18.1. The van der Waals surface area contributed by atoms with E-state index < -0.39 is 0 Å². The van der Waals surface area contributed by atoms with Crippen molar-refractivity contribution in [1.82, 2.24) is 0 Å². The minimum Gasteiger partial charge on any atom is -0.353 e. The van der Waals surface area contributed by atoms with Gasteiger partial charge in [0.1, 0.15) is 0 Å². The van der Waals surface area contributed by atoms with Crippen LogP contribution in [0.1, 0.15) is 90.9 Å². The van der Waals surface area contributed by atoms with E-state index in [9.17, 15) is 0 Å². The van der Waals surface area contributed by atoms with Crippen molar-refractivity contribution in [3.05, 3.63) is 0 Å². The molecular formula is C25H41IO2. The number of hydrogen-bond donors (Lipinski definition) is 0. The Labute approximate surface area is 186 Å². The van der Waals surface area contributed by atoms with Gasteiger partial charge in [0.25, 0.3) is 0 Å². The number of rotatable bonds is 3. The van der Waals surface area contributed by atoms with Crippen molar-refractivity contribution in [1.29, 1.82) is 0 Å². The van der Waals surface area contributed by atoms with E-state index in [1.807, 2.05) is 0 Å². The topological polar surface area (TPSA) is 18.5 Å². The molecular weight excluding hydrogens is 459 g/mol. The van der Waals surface area contributed by atoms with Gasteiger partial charge in [0.2, 0.25) is 0 Å². The normalized spacial score (nSPS) is 53.9. The van der Waals surface area contributed by atoms with Crippen molar-refractivity contribution in [2.24, 2.45) is 40.4 Å². The molecule has 28 heavy (non-hydrogen) atoms. The molecule has 0 aromatic heterocycles. The predicted molar refractivity (Wildman–Crippen MR) is 123 cm³/mol. The van der Waals surface area contributed by atoms with Crippen molar-refractivity contribution in [3.63, 3.8) is 0 Å². The number of ether oxygens (including phenoxy) is 2.